The molecule has 28 valence electrons. The Balaban J connectivity index is 3.14. The molecule has 0 aliphatic carbocycles. The summed E-state index contributed by atoms with van der Waals surface area (Å²) in [5.74, 6) is 0. The van der Waals surface area contributed by atoms with Gasteiger partial charge in [0, 0.05) is 0 Å². The van der Waals surface area contributed by atoms with Crippen molar-refractivity contribution in [3.05, 3.63) is 9.67 Å². The Morgan fingerprint density at radius 2 is 1.80 bits per heavy atom. The first-order valence-corrected chi connectivity index (χ1v) is 3.52. The van der Waals surface area contributed by atoms with Crippen LogP contribution in [-0.4, -0.2) is 22.5 Å². The average Bonchev–Trinajstić information content (AvgIpc) is 1.38. The molecule has 2 radical (unpaired) electrons. The maximum absolute atomic E-state index is 2.21. The number of rotatable bonds is 0. The zero-order valence-corrected chi connectivity index (χ0v) is 6.95. The van der Waals surface area contributed by atoms with E-state index in [1.165, 1.54) is 28.1 Å². The predicted molar refractivity (Wildman–Crippen MR) is 26.6 cm³/mol. The maximum atomic E-state index is 2.21. The van der Waals surface area contributed by atoms with Crippen molar-refractivity contribution in [2.75, 3.05) is 0 Å². The zero-order valence-electron chi connectivity index (χ0n) is 3.65. The Labute approximate surface area is 46.4 Å². The van der Waals surface area contributed by atoms with Gasteiger partial charge in [-0.2, -0.15) is 0 Å². The van der Waals surface area contributed by atoms with Gasteiger partial charge in [0.2, 0.25) is 0 Å². The predicted octanol–water partition coefficient (Wildman–Crippen LogP) is 0.811. The molecule has 0 aromatic carbocycles. The molecule has 0 fully saturated rings. The van der Waals surface area contributed by atoms with Crippen LogP contribution >= 0.6 is 0 Å². The van der Waals surface area contributed by atoms with Gasteiger partial charge in [-0.15, -0.1) is 0 Å². The molecular weight excluding hydrogens is 167 g/mol. The fourth-order valence-corrected chi connectivity index (χ4v) is 0. The molecule has 0 amide bonds. The summed E-state index contributed by atoms with van der Waals surface area (Å²) < 4.78 is 2.21. The third kappa shape index (κ3) is 4.54. The second-order valence-electron chi connectivity index (χ2n) is 1.24. The molecule has 0 aromatic heterocycles. The minimum absolute atomic E-state index is 1.26. The van der Waals surface area contributed by atoms with Crippen LogP contribution in [0, 0.1) is 0 Å². The second kappa shape index (κ2) is 2.76. The number of hydrogen-bond acceptors (Lipinski definition) is 0. The molecule has 0 rings (SSSR count). The van der Waals surface area contributed by atoms with Crippen LogP contribution < -0.4 is 0 Å². The molecule has 0 nitrogen and oxygen atoms in total. The molecule has 0 N–H and O–H groups in total. The Kier molecular flexibility index (Phi) is 3.06. The van der Waals surface area contributed by atoms with Crippen LogP contribution in [0.1, 0.15) is 13.8 Å². The Hall–Kier alpha value is 0.539. The summed E-state index contributed by atoms with van der Waals surface area (Å²) in [6.45, 7) is 4.23. The van der Waals surface area contributed by atoms with E-state index in [1.54, 1.807) is 0 Å². The van der Waals surface area contributed by atoms with Crippen molar-refractivity contribution < 1.29 is 0 Å². The van der Waals surface area contributed by atoms with Gasteiger partial charge >= 0.3 is 46.0 Å². The van der Waals surface area contributed by atoms with E-state index in [-0.39, 0.29) is 0 Å². The topological polar surface area (TPSA) is 0 Å². The fourth-order valence-electron chi connectivity index (χ4n) is 0. The van der Waals surface area contributed by atoms with Crippen LogP contribution in [-0.2, 0) is 0 Å². The molecule has 0 aliphatic heterocycles. The Morgan fingerprint density at radius 1 is 1.60 bits per heavy atom. The summed E-state index contributed by atoms with van der Waals surface area (Å²) in [7, 11) is 0. The molecule has 0 saturated carbocycles. The van der Waals surface area contributed by atoms with Crippen LogP contribution in [0.3, 0.4) is 0 Å². The normalized spacial score (nSPS) is 7.00. The second-order valence-corrected chi connectivity index (χ2v) is 2.20. The van der Waals surface area contributed by atoms with Crippen LogP contribution in [0.15, 0.2) is 9.67 Å². The summed E-state index contributed by atoms with van der Waals surface area (Å²) in [5.41, 5.74) is 1.44. The van der Waals surface area contributed by atoms with Crippen LogP contribution in [0.25, 0.3) is 0 Å². The molecule has 5 heavy (non-hydrogen) atoms. The summed E-state index contributed by atoms with van der Waals surface area (Å²) >= 11 is 1.26. The molecule has 0 aromatic rings. The molecule has 0 bridgehead atoms. The van der Waals surface area contributed by atoms with Gasteiger partial charge < -0.3 is 0 Å². The zero-order chi connectivity index (χ0) is 4.28. The molecular formula is C4H8Sn. The molecule has 0 unspecified atom stereocenters. The van der Waals surface area contributed by atoms with Crippen LogP contribution in [0.5, 0.6) is 0 Å². The van der Waals surface area contributed by atoms with Crippen molar-refractivity contribution in [1.29, 1.82) is 0 Å². The molecule has 0 aliphatic rings. The van der Waals surface area contributed by atoms with E-state index in [0.29, 0.717) is 0 Å². The van der Waals surface area contributed by atoms with Crippen molar-refractivity contribution in [1.82, 2.24) is 0 Å². The van der Waals surface area contributed by atoms with E-state index in [1.807, 2.05) is 0 Å². The van der Waals surface area contributed by atoms with E-state index < -0.39 is 0 Å². The van der Waals surface area contributed by atoms with E-state index in [4.69, 9.17) is 0 Å². The van der Waals surface area contributed by atoms with Gasteiger partial charge in [-0.05, 0) is 0 Å². The van der Waals surface area contributed by atoms with Crippen LogP contribution in [0.2, 0.25) is 0 Å². The first kappa shape index (κ1) is 5.54. The third-order valence-corrected chi connectivity index (χ3v) is 2.24. The monoisotopic (exact) mass is 176 g/mol. The van der Waals surface area contributed by atoms with Gasteiger partial charge in [0.1, 0.15) is 0 Å². The van der Waals surface area contributed by atoms with Gasteiger partial charge in [-0.1, -0.05) is 0 Å². The van der Waals surface area contributed by atoms with Crippen molar-refractivity contribution >= 4 is 22.5 Å². The summed E-state index contributed by atoms with van der Waals surface area (Å²) in [4.78, 5) is 0. The van der Waals surface area contributed by atoms with Crippen molar-refractivity contribution in [2.45, 2.75) is 13.8 Å². The Bertz CT molecular complexity index is 41.6. The van der Waals surface area contributed by atoms with Crippen LogP contribution in [0.4, 0.5) is 0 Å². The van der Waals surface area contributed by atoms with E-state index >= 15 is 0 Å². The molecule has 0 saturated heterocycles. The summed E-state index contributed by atoms with van der Waals surface area (Å²) in [6.07, 6.45) is 0. The van der Waals surface area contributed by atoms with E-state index in [2.05, 4.69) is 17.9 Å². The fraction of sp³-hybridized carbons (Fsp3) is 0.500. The minimum atomic E-state index is 1.26. The van der Waals surface area contributed by atoms with Gasteiger partial charge in [0.25, 0.3) is 0 Å². The standard InChI is InChI=1S/C4H7.Sn.H/c1-4(2)3;;/h1H,2-3H3;;. The van der Waals surface area contributed by atoms with Crippen molar-refractivity contribution in [2.24, 2.45) is 0 Å². The van der Waals surface area contributed by atoms with Crippen molar-refractivity contribution in [3.8, 4) is 0 Å². The van der Waals surface area contributed by atoms with E-state index in [9.17, 15) is 0 Å². The number of hydrogen-bond donors (Lipinski definition) is 0. The summed E-state index contributed by atoms with van der Waals surface area (Å²) in [6, 6.07) is 0. The van der Waals surface area contributed by atoms with Gasteiger partial charge in [-0.25, -0.2) is 0 Å². The average molecular weight is 175 g/mol. The van der Waals surface area contributed by atoms with Gasteiger partial charge in [-0.3, -0.25) is 0 Å². The molecule has 1 heteroatoms. The third-order valence-electron chi connectivity index (χ3n) is 0.333. The quantitative estimate of drug-likeness (QED) is 0.477. The first-order valence-electron chi connectivity index (χ1n) is 1.62. The van der Waals surface area contributed by atoms with Gasteiger partial charge in [0.05, 0.1) is 0 Å². The molecule has 0 spiro atoms. The van der Waals surface area contributed by atoms with E-state index in [0.717, 1.165) is 0 Å². The van der Waals surface area contributed by atoms with Crippen molar-refractivity contribution in [3.63, 3.8) is 0 Å². The van der Waals surface area contributed by atoms with Gasteiger partial charge in [0.15, 0.2) is 0 Å². The Morgan fingerprint density at radius 3 is 1.80 bits per heavy atom. The molecule has 0 atom stereocenters. The SMILES string of the molecule is CC(C)=[CH][SnH]. The molecule has 0 heterocycles. The first-order chi connectivity index (χ1) is 2.27. The summed E-state index contributed by atoms with van der Waals surface area (Å²) in [5, 5.41) is 0. The number of allylic oxidation sites excluding steroid dienone is 1.